The van der Waals surface area contributed by atoms with Crippen LogP contribution in [0, 0.1) is 0 Å². The van der Waals surface area contributed by atoms with Gasteiger partial charge >= 0.3 is 0 Å². The molecule has 1 N–H and O–H groups in total. The number of nitrogens with zero attached hydrogens (tertiary/aromatic N) is 1. The highest BCUT2D eigenvalue weighted by Crippen LogP contribution is 2.17. The van der Waals surface area contributed by atoms with Crippen LogP contribution >= 0.6 is 11.8 Å². The lowest BCUT2D eigenvalue weighted by Crippen LogP contribution is -2.43. The van der Waals surface area contributed by atoms with E-state index in [1.807, 2.05) is 0 Å². The van der Waals surface area contributed by atoms with Crippen molar-refractivity contribution in [2.45, 2.75) is 44.7 Å². The molecule has 2 fully saturated rings. The molecule has 2 heterocycles. The summed E-state index contributed by atoms with van der Waals surface area (Å²) in [6, 6.07) is 1.54. The first-order chi connectivity index (χ1) is 7.36. The summed E-state index contributed by atoms with van der Waals surface area (Å²) in [5.74, 6) is 2.71. The number of hydrogen-bond acceptors (Lipinski definition) is 3. The Morgan fingerprint density at radius 2 is 1.93 bits per heavy atom. The van der Waals surface area contributed by atoms with Crippen molar-refractivity contribution in [1.29, 1.82) is 0 Å². The summed E-state index contributed by atoms with van der Waals surface area (Å²) < 4.78 is 0. The highest BCUT2D eigenvalue weighted by atomic mass is 32.2. The molecule has 0 aromatic rings. The number of rotatable bonds is 4. The van der Waals surface area contributed by atoms with Gasteiger partial charge in [-0.25, -0.2) is 0 Å². The molecule has 1 atom stereocenters. The van der Waals surface area contributed by atoms with Crippen LogP contribution in [-0.2, 0) is 0 Å². The van der Waals surface area contributed by atoms with Gasteiger partial charge in [0.1, 0.15) is 0 Å². The molecule has 0 aliphatic carbocycles. The van der Waals surface area contributed by atoms with Crippen molar-refractivity contribution in [3.63, 3.8) is 0 Å². The zero-order chi connectivity index (χ0) is 10.5. The summed E-state index contributed by atoms with van der Waals surface area (Å²) in [5, 5.41) is 3.74. The minimum Gasteiger partial charge on any atom is -0.312 e. The number of hydrogen-bond donors (Lipinski definition) is 1. The summed E-state index contributed by atoms with van der Waals surface area (Å²) in [6.07, 6.45) is 5.56. The van der Waals surface area contributed by atoms with Crippen molar-refractivity contribution < 1.29 is 0 Å². The van der Waals surface area contributed by atoms with Gasteiger partial charge in [0.25, 0.3) is 0 Å². The Labute approximate surface area is 98.2 Å². The molecule has 0 aromatic heterocycles. The van der Waals surface area contributed by atoms with Crippen molar-refractivity contribution >= 4 is 11.8 Å². The number of thioether (sulfide) groups is 1. The average molecular weight is 228 g/mol. The van der Waals surface area contributed by atoms with E-state index in [4.69, 9.17) is 0 Å². The van der Waals surface area contributed by atoms with Crippen LogP contribution in [-0.4, -0.2) is 48.1 Å². The molecule has 0 saturated carbocycles. The van der Waals surface area contributed by atoms with Gasteiger partial charge in [-0.1, -0.05) is 0 Å². The van der Waals surface area contributed by atoms with Crippen LogP contribution in [0.25, 0.3) is 0 Å². The summed E-state index contributed by atoms with van der Waals surface area (Å²) >= 11 is 2.11. The molecular formula is C12H24N2S. The summed E-state index contributed by atoms with van der Waals surface area (Å²) in [6.45, 7) is 6.21. The van der Waals surface area contributed by atoms with Gasteiger partial charge in [-0.05, 0) is 57.2 Å². The van der Waals surface area contributed by atoms with Crippen molar-refractivity contribution in [2.24, 2.45) is 0 Å². The molecule has 15 heavy (non-hydrogen) atoms. The minimum atomic E-state index is 0.738. The number of nitrogens with one attached hydrogen (secondary N) is 1. The van der Waals surface area contributed by atoms with E-state index in [1.54, 1.807) is 0 Å². The van der Waals surface area contributed by atoms with Gasteiger partial charge in [0.2, 0.25) is 0 Å². The first-order valence-corrected chi connectivity index (χ1v) is 7.57. The summed E-state index contributed by atoms with van der Waals surface area (Å²) in [5.41, 5.74) is 0. The Hall–Kier alpha value is 0.270. The molecule has 0 bridgehead atoms. The highest BCUT2D eigenvalue weighted by Gasteiger charge is 2.19. The Balaban J connectivity index is 1.63. The molecule has 0 amide bonds. The zero-order valence-electron chi connectivity index (χ0n) is 9.87. The van der Waals surface area contributed by atoms with E-state index >= 15 is 0 Å². The molecule has 2 saturated heterocycles. The van der Waals surface area contributed by atoms with E-state index in [0.717, 1.165) is 12.1 Å². The van der Waals surface area contributed by atoms with Gasteiger partial charge in [0.05, 0.1) is 0 Å². The lowest BCUT2D eigenvalue weighted by atomic mass is 10.1. The van der Waals surface area contributed by atoms with Gasteiger partial charge in [-0.2, -0.15) is 11.8 Å². The Morgan fingerprint density at radius 1 is 1.27 bits per heavy atom. The molecule has 2 aliphatic heterocycles. The molecule has 1 unspecified atom stereocenters. The van der Waals surface area contributed by atoms with E-state index in [-0.39, 0.29) is 0 Å². The topological polar surface area (TPSA) is 15.3 Å². The van der Waals surface area contributed by atoms with E-state index in [9.17, 15) is 0 Å². The maximum atomic E-state index is 3.74. The van der Waals surface area contributed by atoms with Gasteiger partial charge < -0.3 is 5.32 Å². The molecule has 3 heteroatoms. The van der Waals surface area contributed by atoms with Crippen LogP contribution in [0.1, 0.15) is 32.6 Å². The third-order valence-electron chi connectivity index (χ3n) is 3.69. The molecule has 2 rings (SSSR count). The lowest BCUT2D eigenvalue weighted by molar-refractivity contribution is 0.244. The average Bonchev–Trinajstić information content (AvgIpc) is 2.81. The van der Waals surface area contributed by atoms with E-state index in [0.29, 0.717) is 0 Å². The van der Waals surface area contributed by atoms with Crippen molar-refractivity contribution in [3.8, 4) is 0 Å². The van der Waals surface area contributed by atoms with Gasteiger partial charge in [0, 0.05) is 18.6 Å². The van der Waals surface area contributed by atoms with Crippen LogP contribution in [0.15, 0.2) is 0 Å². The molecule has 88 valence electrons. The molecule has 2 nitrogen and oxygen atoms in total. The quantitative estimate of drug-likeness (QED) is 0.792. The predicted molar refractivity (Wildman–Crippen MR) is 68.6 cm³/mol. The normalized spacial score (nSPS) is 27.0. The van der Waals surface area contributed by atoms with Gasteiger partial charge in [0.15, 0.2) is 0 Å². The van der Waals surface area contributed by atoms with Crippen molar-refractivity contribution in [1.82, 2.24) is 10.2 Å². The van der Waals surface area contributed by atoms with Crippen LogP contribution < -0.4 is 5.32 Å². The van der Waals surface area contributed by atoms with Crippen LogP contribution in [0.5, 0.6) is 0 Å². The molecule has 2 aliphatic rings. The van der Waals surface area contributed by atoms with Crippen molar-refractivity contribution in [3.05, 3.63) is 0 Å². The zero-order valence-corrected chi connectivity index (χ0v) is 10.7. The van der Waals surface area contributed by atoms with Gasteiger partial charge in [-0.15, -0.1) is 0 Å². The maximum absolute atomic E-state index is 3.74. The van der Waals surface area contributed by atoms with E-state index < -0.39 is 0 Å². The van der Waals surface area contributed by atoms with E-state index in [1.165, 1.54) is 56.8 Å². The first kappa shape index (κ1) is 11.7. The highest BCUT2D eigenvalue weighted by molar-refractivity contribution is 7.99. The van der Waals surface area contributed by atoms with E-state index in [2.05, 4.69) is 28.9 Å². The number of likely N-dealkylation sites (tertiary alicyclic amines) is 1. The van der Waals surface area contributed by atoms with Crippen LogP contribution in [0.3, 0.4) is 0 Å². The summed E-state index contributed by atoms with van der Waals surface area (Å²) in [7, 11) is 0. The Bertz CT molecular complexity index is 174. The second-order valence-corrected chi connectivity index (χ2v) is 6.11. The predicted octanol–water partition coefficient (Wildman–Crippen LogP) is 1.96. The first-order valence-electron chi connectivity index (χ1n) is 6.41. The maximum Gasteiger partial charge on any atom is 0.0192 e. The largest absolute Gasteiger partial charge is 0.312 e. The minimum absolute atomic E-state index is 0.738. The fourth-order valence-corrected chi connectivity index (χ4v) is 3.66. The van der Waals surface area contributed by atoms with Crippen LogP contribution in [0.4, 0.5) is 0 Å². The SMILES string of the molecule is CC(CNC1CCSCC1)N1CCCC1. The molecule has 0 aromatic carbocycles. The second-order valence-electron chi connectivity index (χ2n) is 4.89. The molecular weight excluding hydrogens is 204 g/mol. The van der Waals surface area contributed by atoms with Crippen LogP contribution in [0.2, 0.25) is 0 Å². The Morgan fingerprint density at radius 3 is 2.60 bits per heavy atom. The van der Waals surface area contributed by atoms with Crippen molar-refractivity contribution in [2.75, 3.05) is 31.1 Å². The lowest BCUT2D eigenvalue weighted by Gasteiger charge is -2.28. The monoisotopic (exact) mass is 228 g/mol. The van der Waals surface area contributed by atoms with Gasteiger partial charge in [-0.3, -0.25) is 4.90 Å². The fourth-order valence-electron chi connectivity index (χ4n) is 2.55. The third kappa shape index (κ3) is 3.65. The smallest absolute Gasteiger partial charge is 0.0192 e. The molecule has 0 spiro atoms. The standard InChI is InChI=1S/C12H24N2S/c1-11(14-6-2-3-7-14)10-13-12-4-8-15-9-5-12/h11-13H,2-10H2,1H3. The molecule has 0 radical (unpaired) electrons. The Kier molecular flexibility index (Phi) is 4.79. The third-order valence-corrected chi connectivity index (χ3v) is 4.74. The summed E-state index contributed by atoms with van der Waals surface area (Å²) in [4.78, 5) is 2.63. The second kappa shape index (κ2) is 6.12. The fraction of sp³-hybridized carbons (Fsp3) is 1.00.